The second-order valence-electron chi connectivity index (χ2n) is 9.70. The van der Waals surface area contributed by atoms with Gasteiger partial charge in [-0.1, -0.05) is 124 Å². The SMILES string of the molecule is CCCCCCCCCCCCCCCCN1C=CN(CCCCC)C1CCCC. The second kappa shape index (κ2) is 20.3. The van der Waals surface area contributed by atoms with Gasteiger partial charge in [0, 0.05) is 25.5 Å². The van der Waals surface area contributed by atoms with Crippen molar-refractivity contribution in [2.45, 2.75) is 155 Å². The van der Waals surface area contributed by atoms with Gasteiger partial charge in [0.15, 0.2) is 0 Å². The molecule has 0 N–H and O–H groups in total. The van der Waals surface area contributed by atoms with E-state index in [1.807, 2.05) is 0 Å². The van der Waals surface area contributed by atoms with Gasteiger partial charge in [0.05, 0.1) is 0 Å². The molecule has 0 aliphatic carbocycles. The molecule has 0 aromatic heterocycles. The summed E-state index contributed by atoms with van der Waals surface area (Å²) in [6.07, 6.45) is 33.6. The number of hydrogen-bond donors (Lipinski definition) is 0. The molecular weight excluding hydrogens is 364 g/mol. The van der Waals surface area contributed by atoms with E-state index in [9.17, 15) is 0 Å². The van der Waals surface area contributed by atoms with E-state index >= 15 is 0 Å². The average molecular weight is 421 g/mol. The Morgan fingerprint density at radius 2 is 0.767 bits per heavy atom. The van der Waals surface area contributed by atoms with E-state index in [-0.39, 0.29) is 0 Å². The van der Waals surface area contributed by atoms with Crippen LogP contribution in [0.15, 0.2) is 12.4 Å². The van der Waals surface area contributed by atoms with Crippen molar-refractivity contribution in [3.05, 3.63) is 12.4 Å². The molecule has 0 saturated carbocycles. The van der Waals surface area contributed by atoms with Gasteiger partial charge in [-0.3, -0.25) is 0 Å². The third-order valence-electron chi connectivity index (χ3n) is 6.82. The quantitative estimate of drug-likeness (QED) is 0.161. The zero-order chi connectivity index (χ0) is 21.7. The van der Waals surface area contributed by atoms with Gasteiger partial charge in [0.2, 0.25) is 0 Å². The average Bonchev–Trinajstić information content (AvgIpc) is 3.14. The molecule has 0 bridgehead atoms. The fourth-order valence-electron chi connectivity index (χ4n) is 4.76. The predicted molar refractivity (Wildman–Crippen MR) is 136 cm³/mol. The lowest BCUT2D eigenvalue weighted by molar-refractivity contribution is 0.136. The molecule has 1 atom stereocenters. The van der Waals surface area contributed by atoms with Crippen LogP contribution in [0, 0.1) is 0 Å². The molecule has 1 aliphatic rings. The molecule has 2 heteroatoms. The molecule has 0 radical (unpaired) electrons. The maximum atomic E-state index is 2.64. The van der Waals surface area contributed by atoms with Gasteiger partial charge in [-0.15, -0.1) is 0 Å². The molecule has 0 saturated heterocycles. The highest BCUT2D eigenvalue weighted by atomic mass is 15.4. The largest absolute Gasteiger partial charge is 0.356 e. The van der Waals surface area contributed by atoms with Crippen LogP contribution in [0.2, 0.25) is 0 Å². The Kier molecular flexibility index (Phi) is 18.5. The highest BCUT2D eigenvalue weighted by molar-refractivity contribution is 4.96. The molecule has 30 heavy (non-hydrogen) atoms. The summed E-state index contributed by atoms with van der Waals surface area (Å²) >= 11 is 0. The summed E-state index contributed by atoms with van der Waals surface area (Å²) in [6.45, 7) is 9.43. The molecule has 1 heterocycles. The summed E-state index contributed by atoms with van der Waals surface area (Å²) in [4.78, 5) is 5.26. The van der Waals surface area contributed by atoms with Crippen molar-refractivity contribution < 1.29 is 0 Å². The van der Waals surface area contributed by atoms with E-state index < -0.39 is 0 Å². The lowest BCUT2D eigenvalue weighted by Crippen LogP contribution is -2.39. The highest BCUT2D eigenvalue weighted by Crippen LogP contribution is 2.23. The Morgan fingerprint density at radius 3 is 1.20 bits per heavy atom. The number of rotatable bonds is 22. The van der Waals surface area contributed by atoms with Crippen molar-refractivity contribution in [1.82, 2.24) is 9.80 Å². The van der Waals surface area contributed by atoms with Crippen molar-refractivity contribution in [3.63, 3.8) is 0 Å². The van der Waals surface area contributed by atoms with Gasteiger partial charge in [-0.2, -0.15) is 0 Å². The van der Waals surface area contributed by atoms with Gasteiger partial charge in [-0.25, -0.2) is 0 Å². The third-order valence-corrected chi connectivity index (χ3v) is 6.82. The van der Waals surface area contributed by atoms with Crippen molar-refractivity contribution in [3.8, 4) is 0 Å². The maximum absolute atomic E-state index is 2.64. The van der Waals surface area contributed by atoms with Gasteiger partial charge in [-0.05, 0) is 25.7 Å². The smallest absolute Gasteiger partial charge is 0.101 e. The van der Waals surface area contributed by atoms with Crippen LogP contribution in [0.25, 0.3) is 0 Å². The Morgan fingerprint density at radius 1 is 0.433 bits per heavy atom. The van der Waals surface area contributed by atoms with Gasteiger partial charge >= 0.3 is 0 Å². The first-order valence-electron chi connectivity index (χ1n) is 14.0. The fraction of sp³-hybridized carbons (Fsp3) is 0.929. The lowest BCUT2D eigenvalue weighted by atomic mass is 10.0. The summed E-state index contributed by atoms with van der Waals surface area (Å²) in [5.74, 6) is 0. The number of nitrogens with zero attached hydrogens (tertiary/aromatic N) is 2. The molecule has 0 aromatic carbocycles. The molecule has 178 valence electrons. The van der Waals surface area contributed by atoms with Crippen molar-refractivity contribution in [2.24, 2.45) is 0 Å². The van der Waals surface area contributed by atoms with E-state index in [0.29, 0.717) is 6.17 Å². The van der Waals surface area contributed by atoms with Crippen LogP contribution in [-0.2, 0) is 0 Å². The molecule has 0 spiro atoms. The molecule has 1 rings (SSSR count). The normalized spacial score (nSPS) is 16.2. The van der Waals surface area contributed by atoms with Gasteiger partial charge in [0.1, 0.15) is 6.17 Å². The molecule has 0 fully saturated rings. The molecule has 2 nitrogen and oxygen atoms in total. The Labute approximate surface area is 190 Å². The van der Waals surface area contributed by atoms with Gasteiger partial charge in [0.25, 0.3) is 0 Å². The third kappa shape index (κ3) is 13.6. The van der Waals surface area contributed by atoms with E-state index in [2.05, 4.69) is 43.0 Å². The van der Waals surface area contributed by atoms with Crippen LogP contribution in [0.1, 0.15) is 149 Å². The second-order valence-corrected chi connectivity index (χ2v) is 9.70. The molecule has 1 unspecified atom stereocenters. The van der Waals surface area contributed by atoms with Crippen LogP contribution < -0.4 is 0 Å². The first-order chi connectivity index (χ1) is 14.8. The standard InChI is InChI=1S/C28H56N2/c1-4-7-10-11-12-13-14-15-16-17-18-19-20-22-25-30-27-26-29(24-21-8-5-2)28(30)23-9-6-3/h26-28H,4-25H2,1-3H3. The first-order valence-corrected chi connectivity index (χ1v) is 14.0. The van der Waals surface area contributed by atoms with Crippen molar-refractivity contribution in [1.29, 1.82) is 0 Å². The monoisotopic (exact) mass is 420 g/mol. The zero-order valence-electron chi connectivity index (χ0n) is 21.2. The minimum atomic E-state index is 0.642. The van der Waals surface area contributed by atoms with E-state index in [1.54, 1.807) is 0 Å². The molecule has 0 aromatic rings. The highest BCUT2D eigenvalue weighted by Gasteiger charge is 2.24. The Bertz CT molecular complexity index is 379. The maximum Gasteiger partial charge on any atom is 0.101 e. The summed E-state index contributed by atoms with van der Waals surface area (Å²) < 4.78 is 0. The first kappa shape index (κ1) is 27.4. The van der Waals surface area contributed by atoms with E-state index in [0.717, 1.165) is 0 Å². The van der Waals surface area contributed by atoms with Gasteiger partial charge < -0.3 is 9.80 Å². The van der Waals surface area contributed by atoms with Crippen LogP contribution in [0.5, 0.6) is 0 Å². The Hall–Kier alpha value is -0.660. The predicted octanol–water partition coefficient (Wildman–Crippen LogP) is 9.26. The van der Waals surface area contributed by atoms with E-state index in [1.165, 1.54) is 142 Å². The van der Waals surface area contributed by atoms with Crippen LogP contribution in [-0.4, -0.2) is 29.1 Å². The lowest BCUT2D eigenvalue weighted by Gasteiger charge is -2.33. The Balaban J connectivity index is 1.99. The van der Waals surface area contributed by atoms with Crippen LogP contribution in [0.4, 0.5) is 0 Å². The van der Waals surface area contributed by atoms with Crippen molar-refractivity contribution in [2.75, 3.05) is 13.1 Å². The summed E-state index contributed by atoms with van der Waals surface area (Å²) in [5, 5.41) is 0. The zero-order valence-corrected chi connectivity index (χ0v) is 21.2. The minimum absolute atomic E-state index is 0.642. The van der Waals surface area contributed by atoms with Crippen molar-refractivity contribution >= 4 is 0 Å². The van der Waals surface area contributed by atoms with E-state index in [4.69, 9.17) is 0 Å². The summed E-state index contributed by atoms with van der Waals surface area (Å²) in [5.41, 5.74) is 0. The molecular formula is C28H56N2. The topological polar surface area (TPSA) is 6.48 Å². The van der Waals surface area contributed by atoms with Crippen LogP contribution in [0.3, 0.4) is 0 Å². The summed E-state index contributed by atoms with van der Waals surface area (Å²) in [7, 11) is 0. The van der Waals surface area contributed by atoms with Crippen LogP contribution >= 0.6 is 0 Å². The summed E-state index contributed by atoms with van der Waals surface area (Å²) in [6, 6.07) is 0. The minimum Gasteiger partial charge on any atom is -0.356 e. The number of unbranched alkanes of at least 4 members (excludes halogenated alkanes) is 16. The molecule has 0 amide bonds. The number of hydrogen-bond acceptors (Lipinski definition) is 2. The molecule has 1 aliphatic heterocycles. The fourth-order valence-corrected chi connectivity index (χ4v) is 4.76.